The minimum absolute atomic E-state index is 0.766. The molecule has 1 saturated heterocycles. The van der Waals surface area contributed by atoms with Gasteiger partial charge in [-0.1, -0.05) is 39.0 Å². The number of anilines is 1. The summed E-state index contributed by atoms with van der Waals surface area (Å²) in [6, 6.07) is 8.82. The lowest BCUT2D eigenvalue weighted by Gasteiger charge is -2.37. The molecule has 1 heterocycles. The molecule has 0 bridgehead atoms. The minimum atomic E-state index is 0.766. The van der Waals surface area contributed by atoms with Crippen molar-refractivity contribution in [2.45, 2.75) is 27.3 Å². The van der Waals surface area contributed by atoms with Crippen LogP contribution in [0.5, 0.6) is 0 Å². The molecule has 0 radical (unpaired) electrons. The lowest BCUT2D eigenvalue weighted by Crippen LogP contribution is -2.47. The monoisotopic (exact) mass is 275 g/mol. The van der Waals surface area contributed by atoms with Gasteiger partial charge in [0, 0.05) is 45.0 Å². The summed E-state index contributed by atoms with van der Waals surface area (Å²) in [5.41, 5.74) is 2.84. The molecule has 0 aliphatic carbocycles. The zero-order valence-corrected chi connectivity index (χ0v) is 13.2. The molecule has 1 fully saturated rings. The van der Waals surface area contributed by atoms with Crippen LogP contribution in [-0.2, 0) is 6.54 Å². The summed E-state index contributed by atoms with van der Waals surface area (Å²) in [6.07, 6.45) is 0. The fraction of sp³-hybridized carbons (Fsp3) is 0.647. The van der Waals surface area contributed by atoms with E-state index >= 15 is 0 Å². The largest absolute Gasteiger partial charge is 0.369 e. The van der Waals surface area contributed by atoms with E-state index in [-0.39, 0.29) is 0 Å². The number of rotatable bonds is 6. The van der Waals surface area contributed by atoms with E-state index in [0.29, 0.717) is 0 Å². The van der Waals surface area contributed by atoms with E-state index < -0.39 is 0 Å². The minimum Gasteiger partial charge on any atom is -0.369 e. The van der Waals surface area contributed by atoms with Crippen LogP contribution >= 0.6 is 0 Å². The molecule has 1 aliphatic heterocycles. The molecule has 0 unspecified atom stereocenters. The van der Waals surface area contributed by atoms with Gasteiger partial charge in [0.05, 0.1) is 0 Å². The third kappa shape index (κ3) is 4.22. The molecule has 0 aromatic heterocycles. The molecule has 3 heteroatoms. The van der Waals surface area contributed by atoms with Gasteiger partial charge < -0.3 is 10.2 Å². The smallest absolute Gasteiger partial charge is 0.0412 e. The van der Waals surface area contributed by atoms with E-state index in [4.69, 9.17) is 0 Å². The zero-order valence-electron chi connectivity index (χ0n) is 13.2. The Labute approximate surface area is 124 Å². The van der Waals surface area contributed by atoms with Gasteiger partial charge in [0.2, 0.25) is 0 Å². The van der Waals surface area contributed by atoms with Crippen molar-refractivity contribution in [1.29, 1.82) is 0 Å². The van der Waals surface area contributed by atoms with Crippen LogP contribution in [0, 0.1) is 5.92 Å². The third-order valence-corrected chi connectivity index (χ3v) is 3.89. The molecule has 0 saturated carbocycles. The molecule has 0 atom stereocenters. The Balaban J connectivity index is 1.96. The van der Waals surface area contributed by atoms with Gasteiger partial charge in [-0.15, -0.1) is 0 Å². The molecule has 0 amide bonds. The number of hydrogen-bond acceptors (Lipinski definition) is 3. The summed E-state index contributed by atoms with van der Waals surface area (Å²) >= 11 is 0. The van der Waals surface area contributed by atoms with Gasteiger partial charge >= 0.3 is 0 Å². The number of nitrogens with one attached hydrogen (secondary N) is 1. The van der Waals surface area contributed by atoms with Gasteiger partial charge in [0.25, 0.3) is 0 Å². The maximum atomic E-state index is 3.44. The van der Waals surface area contributed by atoms with Crippen molar-refractivity contribution in [2.75, 3.05) is 44.2 Å². The Kier molecular flexibility index (Phi) is 5.86. The first-order valence-corrected chi connectivity index (χ1v) is 7.96. The summed E-state index contributed by atoms with van der Waals surface area (Å²) < 4.78 is 0. The number of para-hydroxylation sites is 1. The lowest BCUT2D eigenvalue weighted by molar-refractivity contribution is 0.231. The summed E-state index contributed by atoms with van der Waals surface area (Å²) in [7, 11) is 0. The highest BCUT2D eigenvalue weighted by Crippen LogP contribution is 2.22. The quantitative estimate of drug-likeness (QED) is 0.861. The average Bonchev–Trinajstić information content (AvgIpc) is 2.46. The van der Waals surface area contributed by atoms with Gasteiger partial charge in [-0.3, -0.25) is 4.90 Å². The number of hydrogen-bond donors (Lipinski definition) is 1. The Morgan fingerprint density at radius 1 is 1.10 bits per heavy atom. The van der Waals surface area contributed by atoms with Crippen LogP contribution in [0.1, 0.15) is 26.3 Å². The topological polar surface area (TPSA) is 18.5 Å². The zero-order chi connectivity index (χ0) is 14.4. The number of nitrogens with zero attached hydrogens (tertiary/aromatic N) is 2. The Morgan fingerprint density at radius 2 is 1.80 bits per heavy atom. The molecular weight excluding hydrogens is 246 g/mol. The predicted molar refractivity (Wildman–Crippen MR) is 87.3 cm³/mol. The molecule has 1 aromatic carbocycles. The van der Waals surface area contributed by atoms with E-state index in [1.807, 2.05) is 0 Å². The van der Waals surface area contributed by atoms with Crippen LogP contribution in [0.25, 0.3) is 0 Å². The van der Waals surface area contributed by atoms with Crippen molar-refractivity contribution in [3.63, 3.8) is 0 Å². The SMILES string of the molecule is CCNCc1ccccc1N1CCN(CC(C)C)CC1. The van der Waals surface area contributed by atoms with Gasteiger partial charge in [0.1, 0.15) is 0 Å². The van der Waals surface area contributed by atoms with Crippen LogP contribution < -0.4 is 10.2 Å². The van der Waals surface area contributed by atoms with Gasteiger partial charge in [-0.25, -0.2) is 0 Å². The fourth-order valence-electron chi connectivity index (χ4n) is 2.92. The fourth-order valence-corrected chi connectivity index (χ4v) is 2.92. The highest BCUT2D eigenvalue weighted by molar-refractivity contribution is 5.54. The molecule has 1 aliphatic rings. The Morgan fingerprint density at radius 3 is 2.45 bits per heavy atom. The molecule has 1 aromatic rings. The number of piperazine rings is 1. The standard InChI is InChI=1S/C17H29N3/c1-4-18-13-16-7-5-6-8-17(16)20-11-9-19(10-12-20)14-15(2)3/h5-8,15,18H,4,9-14H2,1-3H3. The molecule has 1 N–H and O–H groups in total. The van der Waals surface area contributed by atoms with E-state index in [2.05, 4.69) is 60.2 Å². The molecule has 2 rings (SSSR count). The highest BCUT2D eigenvalue weighted by Gasteiger charge is 2.19. The molecule has 112 valence electrons. The van der Waals surface area contributed by atoms with Gasteiger partial charge in [-0.05, 0) is 24.1 Å². The van der Waals surface area contributed by atoms with Crippen molar-refractivity contribution >= 4 is 5.69 Å². The van der Waals surface area contributed by atoms with E-state index in [9.17, 15) is 0 Å². The van der Waals surface area contributed by atoms with E-state index in [0.717, 1.165) is 32.1 Å². The van der Waals surface area contributed by atoms with Crippen LogP contribution in [0.3, 0.4) is 0 Å². The number of benzene rings is 1. The normalized spacial score (nSPS) is 16.9. The van der Waals surface area contributed by atoms with Crippen LogP contribution in [0.2, 0.25) is 0 Å². The summed E-state index contributed by atoms with van der Waals surface area (Å²) in [6.45, 7) is 14.7. The maximum absolute atomic E-state index is 3.44. The average molecular weight is 275 g/mol. The summed E-state index contributed by atoms with van der Waals surface area (Å²) in [4.78, 5) is 5.14. The van der Waals surface area contributed by atoms with Crippen LogP contribution in [-0.4, -0.2) is 44.2 Å². The third-order valence-electron chi connectivity index (χ3n) is 3.89. The van der Waals surface area contributed by atoms with E-state index in [1.165, 1.54) is 30.9 Å². The van der Waals surface area contributed by atoms with Gasteiger partial charge in [-0.2, -0.15) is 0 Å². The Hall–Kier alpha value is -1.06. The second-order valence-electron chi connectivity index (χ2n) is 6.09. The molecule has 0 spiro atoms. The van der Waals surface area contributed by atoms with Crippen LogP contribution in [0.4, 0.5) is 5.69 Å². The molecular formula is C17H29N3. The van der Waals surface area contributed by atoms with Crippen molar-refractivity contribution in [3.8, 4) is 0 Å². The van der Waals surface area contributed by atoms with Crippen molar-refractivity contribution in [3.05, 3.63) is 29.8 Å². The maximum Gasteiger partial charge on any atom is 0.0412 e. The molecule has 20 heavy (non-hydrogen) atoms. The second-order valence-corrected chi connectivity index (χ2v) is 6.09. The van der Waals surface area contributed by atoms with Gasteiger partial charge in [0.15, 0.2) is 0 Å². The molecule has 3 nitrogen and oxygen atoms in total. The van der Waals surface area contributed by atoms with Crippen molar-refractivity contribution in [1.82, 2.24) is 10.2 Å². The highest BCUT2D eigenvalue weighted by atomic mass is 15.3. The van der Waals surface area contributed by atoms with Crippen molar-refractivity contribution in [2.24, 2.45) is 5.92 Å². The predicted octanol–water partition coefficient (Wildman–Crippen LogP) is 2.57. The second kappa shape index (κ2) is 7.65. The van der Waals surface area contributed by atoms with Crippen molar-refractivity contribution < 1.29 is 0 Å². The van der Waals surface area contributed by atoms with Crippen LogP contribution in [0.15, 0.2) is 24.3 Å². The summed E-state index contributed by atoms with van der Waals surface area (Å²) in [5.74, 6) is 0.766. The first kappa shape index (κ1) is 15.3. The first-order chi connectivity index (χ1) is 9.70. The lowest BCUT2D eigenvalue weighted by atomic mass is 10.1. The van der Waals surface area contributed by atoms with E-state index in [1.54, 1.807) is 0 Å². The summed E-state index contributed by atoms with van der Waals surface area (Å²) in [5, 5.41) is 3.44. The first-order valence-electron chi connectivity index (χ1n) is 7.96. The Bertz CT molecular complexity index is 395.